The Hall–Kier alpha value is -7.76. The van der Waals surface area contributed by atoms with Crippen LogP contribution in [-0.4, -0.2) is 17.8 Å². The van der Waals surface area contributed by atoms with Crippen LogP contribution in [0.1, 0.15) is 58.2 Å². The molecular formula is C58H41N3O2. The molecule has 2 aliphatic heterocycles. The zero-order valence-corrected chi connectivity index (χ0v) is 34.5. The molecule has 1 spiro atoms. The Morgan fingerprint density at radius 3 is 2.11 bits per heavy atom. The van der Waals surface area contributed by atoms with Gasteiger partial charge in [-0.25, -0.2) is 9.98 Å². The summed E-state index contributed by atoms with van der Waals surface area (Å²) in [5, 5.41) is 6.05. The lowest BCUT2D eigenvalue weighted by molar-refractivity contribution is 0.435. The number of para-hydroxylation sites is 4. The lowest BCUT2D eigenvalue weighted by Crippen LogP contribution is -2.43. The second-order valence-electron chi connectivity index (χ2n) is 17.0. The molecule has 0 bridgehead atoms. The summed E-state index contributed by atoms with van der Waals surface area (Å²) < 4.78 is 13.6. The Morgan fingerprint density at radius 2 is 1.29 bits per heavy atom. The van der Waals surface area contributed by atoms with E-state index in [2.05, 4.69) is 187 Å². The number of fused-ring (bicyclic) bond motifs is 12. The fourth-order valence-corrected chi connectivity index (χ4v) is 10.8. The van der Waals surface area contributed by atoms with E-state index in [9.17, 15) is 0 Å². The van der Waals surface area contributed by atoms with Gasteiger partial charge in [0.15, 0.2) is 5.84 Å². The van der Waals surface area contributed by atoms with Crippen LogP contribution in [0.3, 0.4) is 0 Å². The van der Waals surface area contributed by atoms with Gasteiger partial charge in [0, 0.05) is 50.1 Å². The minimum absolute atomic E-state index is 0.0997. The maximum Gasteiger partial charge on any atom is 0.155 e. The van der Waals surface area contributed by atoms with Gasteiger partial charge in [-0.15, -0.1) is 0 Å². The molecule has 3 heterocycles. The molecule has 0 saturated carbocycles. The molecule has 0 fully saturated rings. The number of hydrogen-bond acceptors (Lipinski definition) is 5. The van der Waals surface area contributed by atoms with Crippen molar-refractivity contribution in [3.8, 4) is 22.6 Å². The zero-order valence-electron chi connectivity index (χ0n) is 34.5. The van der Waals surface area contributed by atoms with E-state index in [4.69, 9.17) is 19.1 Å². The SMILES string of the molecule is C1=CC(c2cccc3c2Oc2ccccc2C32c3ccccc3-c3ccccc32)=C(C2=NC(C3C=CC(c4cccc5c4oc4ccccc45)=CC3)NC(c3ccccc3)=N2)CC1. The van der Waals surface area contributed by atoms with Crippen molar-refractivity contribution in [3.05, 3.63) is 239 Å². The fraction of sp³-hybridized carbons (Fsp3) is 0.103. The number of furan rings is 1. The van der Waals surface area contributed by atoms with E-state index < -0.39 is 5.41 Å². The Morgan fingerprint density at radius 1 is 0.603 bits per heavy atom. The summed E-state index contributed by atoms with van der Waals surface area (Å²) in [6.07, 6.45) is 13.7. The van der Waals surface area contributed by atoms with Crippen LogP contribution < -0.4 is 10.1 Å². The third-order valence-corrected chi connectivity index (χ3v) is 13.7. The number of benzene rings is 7. The highest BCUT2D eigenvalue weighted by atomic mass is 16.5. The van der Waals surface area contributed by atoms with Crippen LogP contribution in [0.15, 0.2) is 214 Å². The van der Waals surface area contributed by atoms with Crippen molar-refractivity contribution in [1.29, 1.82) is 0 Å². The van der Waals surface area contributed by atoms with E-state index >= 15 is 0 Å². The molecular weight excluding hydrogens is 771 g/mol. The molecule has 1 N–H and O–H groups in total. The highest BCUT2D eigenvalue weighted by Crippen LogP contribution is 2.63. The van der Waals surface area contributed by atoms with Gasteiger partial charge in [0.1, 0.15) is 34.7 Å². The van der Waals surface area contributed by atoms with Crippen molar-refractivity contribution in [2.24, 2.45) is 15.9 Å². The highest BCUT2D eigenvalue weighted by molar-refractivity contribution is 6.16. The van der Waals surface area contributed by atoms with Gasteiger partial charge in [-0.05, 0) is 64.8 Å². The van der Waals surface area contributed by atoms with Crippen LogP contribution in [0.5, 0.6) is 11.5 Å². The van der Waals surface area contributed by atoms with Crippen molar-refractivity contribution in [2.75, 3.05) is 0 Å². The smallest absolute Gasteiger partial charge is 0.155 e. The molecule has 0 radical (unpaired) electrons. The molecule has 5 aliphatic rings. The second kappa shape index (κ2) is 14.1. The van der Waals surface area contributed by atoms with Crippen molar-refractivity contribution in [2.45, 2.75) is 30.8 Å². The summed E-state index contributed by atoms with van der Waals surface area (Å²) in [6.45, 7) is 0. The van der Waals surface area contributed by atoms with Crippen molar-refractivity contribution in [1.82, 2.24) is 5.32 Å². The topological polar surface area (TPSA) is 59.1 Å². The molecule has 1 aromatic heterocycles. The van der Waals surface area contributed by atoms with Crippen molar-refractivity contribution < 1.29 is 9.15 Å². The monoisotopic (exact) mass is 811 g/mol. The summed E-state index contributed by atoms with van der Waals surface area (Å²) in [5.74, 6) is 3.46. The predicted molar refractivity (Wildman–Crippen MR) is 255 cm³/mol. The molecule has 5 nitrogen and oxygen atoms in total. The van der Waals surface area contributed by atoms with E-state index in [1.807, 2.05) is 12.1 Å². The maximum absolute atomic E-state index is 7.13. The minimum Gasteiger partial charge on any atom is -0.456 e. The predicted octanol–water partition coefficient (Wildman–Crippen LogP) is 13.6. The summed E-state index contributed by atoms with van der Waals surface area (Å²) in [7, 11) is 0. The van der Waals surface area contributed by atoms with Crippen LogP contribution in [0.4, 0.5) is 0 Å². The molecule has 8 aromatic rings. The van der Waals surface area contributed by atoms with Gasteiger partial charge in [0.2, 0.25) is 0 Å². The molecule has 2 unspecified atom stereocenters. The molecule has 3 aliphatic carbocycles. The summed E-state index contributed by atoms with van der Waals surface area (Å²) in [6, 6.07) is 58.3. The fourth-order valence-electron chi connectivity index (χ4n) is 10.8. The van der Waals surface area contributed by atoms with E-state index in [1.54, 1.807) is 0 Å². The van der Waals surface area contributed by atoms with Crippen molar-refractivity contribution in [3.63, 3.8) is 0 Å². The molecule has 300 valence electrons. The van der Waals surface area contributed by atoms with Gasteiger partial charge < -0.3 is 14.5 Å². The normalized spacial score (nSPS) is 19.1. The first-order valence-corrected chi connectivity index (χ1v) is 22.0. The first kappa shape index (κ1) is 35.9. The van der Waals surface area contributed by atoms with Crippen LogP contribution in [0.2, 0.25) is 0 Å². The Labute approximate surface area is 365 Å². The number of nitrogens with one attached hydrogen (secondary N) is 1. The van der Waals surface area contributed by atoms with Gasteiger partial charge in [-0.2, -0.15) is 0 Å². The molecule has 0 saturated heterocycles. The highest BCUT2D eigenvalue weighted by Gasteiger charge is 2.51. The first-order chi connectivity index (χ1) is 31.2. The Kier molecular flexibility index (Phi) is 8.07. The third-order valence-electron chi connectivity index (χ3n) is 13.7. The molecule has 0 amide bonds. The van der Waals surface area contributed by atoms with E-state index in [0.717, 1.165) is 109 Å². The molecule has 7 aromatic carbocycles. The Bertz CT molecular complexity index is 3350. The van der Waals surface area contributed by atoms with Gasteiger partial charge in [-0.3, -0.25) is 0 Å². The van der Waals surface area contributed by atoms with E-state index in [-0.39, 0.29) is 12.1 Å². The number of ether oxygens (including phenoxy) is 1. The van der Waals surface area contributed by atoms with Crippen molar-refractivity contribution >= 4 is 44.8 Å². The first-order valence-electron chi connectivity index (χ1n) is 22.0. The number of aliphatic imine (C=N–C) groups is 2. The second-order valence-corrected chi connectivity index (χ2v) is 17.0. The standard InChI is InChI=1S/C58H41N3O2/c1-2-16-37(17-3-1)55-59-56(38-34-32-36(33-35-38)39-23-14-24-45-43-21-8-12-30-51(43)62-53(39)45)61-57(60-55)46-22-5-4-18-40(46)44-25-15-29-50-54(44)63-52-31-13-11-28-49(52)58(50)47-26-9-6-19-41(47)42-20-7-10-27-48(42)58/h1-4,6-21,23-34,38,56H,5,22,35H2,(H,59,60,61). The average Bonchev–Trinajstić information content (AvgIpc) is 3.88. The third kappa shape index (κ3) is 5.42. The summed E-state index contributed by atoms with van der Waals surface area (Å²) in [4.78, 5) is 10.9. The van der Waals surface area contributed by atoms with Crippen LogP contribution in [0, 0.1) is 5.92 Å². The number of nitrogens with zero attached hydrogens (tertiary/aromatic N) is 2. The van der Waals surface area contributed by atoms with Crippen LogP contribution in [-0.2, 0) is 5.41 Å². The van der Waals surface area contributed by atoms with Gasteiger partial charge >= 0.3 is 0 Å². The Balaban J connectivity index is 0.937. The maximum atomic E-state index is 7.13. The van der Waals surface area contributed by atoms with Gasteiger partial charge in [0.25, 0.3) is 0 Å². The average molecular weight is 812 g/mol. The van der Waals surface area contributed by atoms with Crippen LogP contribution >= 0.6 is 0 Å². The lowest BCUT2D eigenvalue weighted by atomic mass is 9.65. The number of rotatable bonds is 5. The van der Waals surface area contributed by atoms with Gasteiger partial charge in [0.05, 0.1) is 5.41 Å². The number of amidine groups is 2. The quantitative estimate of drug-likeness (QED) is 0.188. The molecule has 2 atom stereocenters. The number of allylic oxidation sites excluding steroid dienone is 6. The van der Waals surface area contributed by atoms with E-state index in [1.165, 1.54) is 22.3 Å². The molecule has 13 rings (SSSR count). The molecule has 63 heavy (non-hydrogen) atoms. The number of hydrogen-bond donors (Lipinski definition) is 1. The van der Waals surface area contributed by atoms with E-state index in [0.29, 0.717) is 0 Å². The largest absolute Gasteiger partial charge is 0.456 e. The van der Waals surface area contributed by atoms with Crippen LogP contribution in [0.25, 0.3) is 44.2 Å². The lowest BCUT2D eigenvalue weighted by Gasteiger charge is -2.40. The molecule has 5 heteroatoms. The minimum atomic E-state index is -0.544. The zero-order chi connectivity index (χ0) is 41.5. The van der Waals surface area contributed by atoms with Gasteiger partial charge in [-0.1, -0.05) is 182 Å². The summed E-state index contributed by atoms with van der Waals surface area (Å²) in [5.41, 5.74) is 15.3. The summed E-state index contributed by atoms with van der Waals surface area (Å²) >= 11 is 0.